The van der Waals surface area contributed by atoms with Crippen LogP contribution in [0.15, 0.2) is 66.9 Å². The lowest BCUT2D eigenvalue weighted by Crippen LogP contribution is -2.08. The Hall–Kier alpha value is -4.00. The van der Waals surface area contributed by atoms with Gasteiger partial charge in [-0.25, -0.2) is 14.2 Å². The van der Waals surface area contributed by atoms with Crippen LogP contribution in [0.3, 0.4) is 0 Å². The molecule has 2 aromatic carbocycles. The molecule has 0 saturated carbocycles. The van der Waals surface area contributed by atoms with Gasteiger partial charge in [0.2, 0.25) is 0 Å². The fraction of sp³-hybridized carbons (Fsp3) is 0.130. The largest absolute Gasteiger partial charge is 0.461 e. The lowest BCUT2D eigenvalue weighted by molar-refractivity contribution is 0.0519. The van der Waals surface area contributed by atoms with Crippen LogP contribution in [0.25, 0.3) is 22.6 Å². The number of rotatable bonds is 6. The number of aldehydes is 1. The van der Waals surface area contributed by atoms with Crippen molar-refractivity contribution >= 4 is 12.3 Å². The number of benzene rings is 2. The molecule has 2 aromatic heterocycles. The summed E-state index contributed by atoms with van der Waals surface area (Å²) in [7, 11) is 0. The number of para-hydroxylation sites is 2. The zero-order valence-corrected chi connectivity index (χ0v) is 16.6. The summed E-state index contributed by atoms with van der Waals surface area (Å²) in [6.07, 6.45) is 2.38. The number of hydrogen-bond acceptors (Lipinski definition) is 5. The van der Waals surface area contributed by atoms with Crippen molar-refractivity contribution < 1.29 is 14.3 Å². The number of carbonyl (C=O) groups is 2. The third kappa shape index (κ3) is 3.41. The molecule has 0 aliphatic carbocycles. The van der Waals surface area contributed by atoms with Crippen molar-refractivity contribution in [3.63, 3.8) is 0 Å². The van der Waals surface area contributed by atoms with Gasteiger partial charge in [-0.2, -0.15) is 10.2 Å². The average molecular weight is 400 g/mol. The van der Waals surface area contributed by atoms with E-state index in [1.54, 1.807) is 22.5 Å². The average Bonchev–Trinajstić information content (AvgIpc) is 3.36. The van der Waals surface area contributed by atoms with Crippen LogP contribution >= 0.6 is 0 Å². The first kappa shape index (κ1) is 19.3. The van der Waals surface area contributed by atoms with Gasteiger partial charge in [0.1, 0.15) is 5.69 Å². The Kier molecular flexibility index (Phi) is 5.26. The van der Waals surface area contributed by atoms with Crippen LogP contribution in [0.1, 0.15) is 33.5 Å². The SMILES string of the molecule is CCOC(=O)c1nn(-c2ccccc2)c(C)c1-c1nn(-c2ccccc2)cc1C=O. The number of nitrogens with zero attached hydrogens (tertiary/aromatic N) is 4. The molecule has 2 heterocycles. The highest BCUT2D eigenvalue weighted by Crippen LogP contribution is 2.31. The van der Waals surface area contributed by atoms with Crippen LogP contribution in [0, 0.1) is 6.92 Å². The van der Waals surface area contributed by atoms with E-state index in [2.05, 4.69) is 10.2 Å². The predicted molar refractivity (Wildman–Crippen MR) is 112 cm³/mol. The van der Waals surface area contributed by atoms with Gasteiger partial charge in [0.15, 0.2) is 12.0 Å². The summed E-state index contributed by atoms with van der Waals surface area (Å²) in [4.78, 5) is 24.5. The Morgan fingerprint density at radius 2 is 1.63 bits per heavy atom. The van der Waals surface area contributed by atoms with E-state index in [1.165, 1.54) is 0 Å². The minimum atomic E-state index is -0.559. The zero-order valence-electron chi connectivity index (χ0n) is 16.6. The molecule has 30 heavy (non-hydrogen) atoms. The maximum absolute atomic E-state index is 12.7. The highest BCUT2D eigenvalue weighted by atomic mass is 16.5. The van der Waals surface area contributed by atoms with E-state index < -0.39 is 5.97 Å². The molecule has 0 aliphatic heterocycles. The van der Waals surface area contributed by atoms with E-state index in [-0.39, 0.29) is 12.3 Å². The van der Waals surface area contributed by atoms with Crippen molar-refractivity contribution in [2.45, 2.75) is 13.8 Å². The lowest BCUT2D eigenvalue weighted by Gasteiger charge is -2.04. The second kappa shape index (κ2) is 8.16. The van der Waals surface area contributed by atoms with Crippen molar-refractivity contribution in [3.8, 4) is 22.6 Å². The minimum Gasteiger partial charge on any atom is -0.461 e. The van der Waals surface area contributed by atoms with E-state index in [9.17, 15) is 9.59 Å². The maximum atomic E-state index is 12.7. The molecular weight excluding hydrogens is 380 g/mol. The lowest BCUT2D eigenvalue weighted by atomic mass is 10.1. The molecule has 0 spiro atoms. The molecule has 0 aliphatic rings. The second-order valence-corrected chi connectivity index (χ2v) is 6.61. The molecule has 0 bridgehead atoms. The van der Waals surface area contributed by atoms with Gasteiger partial charge < -0.3 is 4.74 Å². The minimum absolute atomic E-state index is 0.125. The van der Waals surface area contributed by atoms with Gasteiger partial charge in [0.25, 0.3) is 0 Å². The van der Waals surface area contributed by atoms with Crippen LogP contribution in [0.2, 0.25) is 0 Å². The fourth-order valence-electron chi connectivity index (χ4n) is 3.33. The van der Waals surface area contributed by atoms with Crippen LogP contribution in [0.5, 0.6) is 0 Å². The van der Waals surface area contributed by atoms with Crippen molar-refractivity contribution in [1.82, 2.24) is 19.6 Å². The van der Waals surface area contributed by atoms with E-state index in [0.29, 0.717) is 22.5 Å². The molecule has 7 nitrogen and oxygen atoms in total. The number of carbonyl (C=O) groups excluding carboxylic acids is 2. The van der Waals surface area contributed by atoms with E-state index >= 15 is 0 Å². The van der Waals surface area contributed by atoms with Crippen LogP contribution in [-0.4, -0.2) is 38.4 Å². The molecule has 0 saturated heterocycles. The van der Waals surface area contributed by atoms with Crippen molar-refractivity contribution in [2.24, 2.45) is 0 Å². The van der Waals surface area contributed by atoms with Crippen LogP contribution < -0.4 is 0 Å². The molecule has 0 fully saturated rings. The van der Waals surface area contributed by atoms with E-state index in [1.807, 2.05) is 67.6 Å². The van der Waals surface area contributed by atoms with Gasteiger partial charge in [-0.3, -0.25) is 4.79 Å². The normalized spacial score (nSPS) is 10.7. The van der Waals surface area contributed by atoms with Gasteiger partial charge in [-0.05, 0) is 38.1 Å². The Bertz CT molecular complexity index is 1190. The van der Waals surface area contributed by atoms with Gasteiger partial charge >= 0.3 is 5.97 Å². The highest BCUT2D eigenvalue weighted by Gasteiger charge is 2.27. The summed E-state index contributed by atoms with van der Waals surface area (Å²) in [6.45, 7) is 3.79. The predicted octanol–water partition coefficient (Wildman–Crippen LogP) is 4.02. The summed E-state index contributed by atoms with van der Waals surface area (Å²) in [6, 6.07) is 18.9. The molecule has 0 radical (unpaired) electrons. The van der Waals surface area contributed by atoms with Crippen molar-refractivity contribution in [1.29, 1.82) is 0 Å². The Balaban J connectivity index is 1.94. The highest BCUT2D eigenvalue weighted by molar-refractivity contribution is 5.98. The second-order valence-electron chi connectivity index (χ2n) is 6.61. The van der Waals surface area contributed by atoms with Crippen LogP contribution in [0.4, 0.5) is 0 Å². The number of esters is 1. The molecule has 0 N–H and O–H groups in total. The number of ether oxygens (including phenoxy) is 1. The third-order valence-corrected chi connectivity index (χ3v) is 4.71. The molecule has 4 rings (SSSR count). The van der Waals surface area contributed by atoms with Gasteiger partial charge in [-0.1, -0.05) is 36.4 Å². The summed E-state index contributed by atoms with van der Waals surface area (Å²) in [5.41, 5.74) is 3.63. The molecule has 150 valence electrons. The van der Waals surface area contributed by atoms with Gasteiger partial charge in [-0.15, -0.1) is 0 Å². The molecular formula is C23H20N4O3. The smallest absolute Gasteiger partial charge is 0.359 e. The molecule has 0 unspecified atom stereocenters. The summed E-state index contributed by atoms with van der Waals surface area (Å²) in [5, 5.41) is 9.13. The van der Waals surface area contributed by atoms with E-state index in [0.717, 1.165) is 17.7 Å². The molecule has 7 heteroatoms. The van der Waals surface area contributed by atoms with E-state index in [4.69, 9.17) is 4.74 Å². The van der Waals surface area contributed by atoms with Crippen LogP contribution in [-0.2, 0) is 4.74 Å². The first-order valence-electron chi connectivity index (χ1n) is 9.56. The molecule has 0 atom stereocenters. The number of aromatic nitrogens is 4. The van der Waals surface area contributed by atoms with Crippen molar-refractivity contribution in [3.05, 3.63) is 83.8 Å². The van der Waals surface area contributed by atoms with Crippen molar-refractivity contribution in [2.75, 3.05) is 6.61 Å². The first-order valence-corrected chi connectivity index (χ1v) is 9.56. The third-order valence-electron chi connectivity index (χ3n) is 4.71. The van der Waals surface area contributed by atoms with Gasteiger partial charge in [0.05, 0.1) is 34.8 Å². The summed E-state index contributed by atoms with van der Waals surface area (Å²) in [5.74, 6) is -0.559. The topological polar surface area (TPSA) is 79.0 Å². The monoisotopic (exact) mass is 400 g/mol. The zero-order chi connectivity index (χ0) is 21.1. The number of hydrogen-bond donors (Lipinski definition) is 0. The quantitative estimate of drug-likeness (QED) is 0.361. The Morgan fingerprint density at radius 3 is 2.23 bits per heavy atom. The standard InChI is InChI=1S/C23H20N4O3/c1-3-30-23(29)22-20(16(2)27(25-22)19-12-8-5-9-13-19)21-17(15-28)14-26(24-21)18-10-6-4-7-11-18/h4-15H,3H2,1-2H3. The maximum Gasteiger partial charge on any atom is 0.359 e. The first-order chi connectivity index (χ1) is 14.6. The summed E-state index contributed by atoms with van der Waals surface area (Å²) < 4.78 is 8.50. The molecule has 0 amide bonds. The Labute approximate surface area is 173 Å². The van der Waals surface area contributed by atoms with Gasteiger partial charge in [0, 0.05) is 6.20 Å². The summed E-state index contributed by atoms with van der Waals surface area (Å²) >= 11 is 0. The Morgan fingerprint density at radius 1 is 1.00 bits per heavy atom. The molecule has 4 aromatic rings. The fourth-order valence-corrected chi connectivity index (χ4v) is 3.33.